The fourth-order valence-corrected chi connectivity index (χ4v) is 3.36. The van der Waals surface area contributed by atoms with Gasteiger partial charge in [0.05, 0.1) is 12.3 Å². The number of tetrazole rings is 1. The van der Waals surface area contributed by atoms with Gasteiger partial charge < -0.3 is 10.1 Å². The number of ether oxygens (including phenoxy) is 1. The molecule has 1 unspecified atom stereocenters. The molecule has 1 atom stereocenters. The van der Waals surface area contributed by atoms with Gasteiger partial charge in [-0.05, 0) is 65.7 Å². The maximum Gasteiger partial charge on any atom is 0.153 e. The zero-order valence-corrected chi connectivity index (χ0v) is 14.5. The maximum atomic E-state index is 13.7. The van der Waals surface area contributed by atoms with Gasteiger partial charge in [0.1, 0.15) is 5.82 Å². The van der Waals surface area contributed by atoms with E-state index in [0.29, 0.717) is 19.8 Å². The molecule has 6 nitrogen and oxygen atoms in total. The number of aryl methyl sites for hydroxylation is 1. The number of benzene rings is 2. The van der Waals surface area contributed by atoms with Gasteiger partial charge in [-0.1, -0.05) is 12.1 Å². The minimum absolute atomic E-state index is 0.213. The van der Waals surface area contributed by atoms with Gasteiger partial charge in [-0.2, -0.15) is 4.68 Å². The zero-order valence-electron chi connectivity index (χ0n) is 14.5. The second-order valence-electron chi connectivity index (χ2n) is 6.63. The molecule has 2 aromatic carbocycles. The van der Waals surface area contributed by atoms with Gasteiger partial charge in [0.15, 0.2) is 5.82 Å². The number of hydrogen-bond donors (Lipinski definition) is 1. The van der Waals surface area contributed by atoms with Crippen molar-refractivity contribution in [1.82, 2.24) is 20.2 Å². The fourth-order valence-electron chi connectivity index (χ4n) is 3.36. The average Bonchev–Trinajstić information content (AvgIpc) is 3.30. The molecule has 3 aromatic rings. The minimum atomic E-state index is -0.215. The molecule has 1 fully saturated rings. The first-order valence-corrected chi connectivity index (χ1v) is 8.59. The Morgan fingerprint density at radius 1 is 1.23 bits per heavy atom. The van der Waals surface area contributed by atoms with E-state index < -0.39 is 0 Å². The Balaban J connectivity index is 1.51. The standard InChI is InChI=1S/C19H20FN5O/c1-14-22-23-24-25(14)18-7-5-17(6-8-18)21-12-19(9-10-26-13-19)15-3-2-4-16(20)11-15/h2-8,11,21H,9-10,12-13H2,1H3. The predicted octanol–water partition coefficient (Wildman–Crippen LogP) is 2.88. The normalized spacial score (nSPS) is 19.6. The molecule has 7 heteroatoms. The average molecular weight is 353 g/mol. The summed E-state index contributed by atoms with van der Waals surface area (Å²) >= 11 is 0. The summed E-state index contributed by atoms with van der Waals surface area (Å²) in [5.74, 6) is 0.522. The van der Waals surface area contributed by atoms with Gasteiger partial charge in [-0.3, -0.25) is 0 Å². The molecule has 134 valence electrons. The number of hydrogen-bond acceptors (Lipinski definition) is 5. The van der Waals surface area contributed by atoms with Gasteiger partial charge in [0, 0.05) is 24.3 Å². The lowest BCUT2D eigenvalue weighted by molar-refractivity contribution is 0.179. The second-order valence-corrected chi connectivity index (χ2v) is 6.63. The van der Waals surface area contributed by atoms with E-state index in [1.807, 2.05) is 37.3 Å². The van der Waals surface area contributed by atoms with Crippen molar-refractivity contribution in [3.8, 4) is 5.69 Å². The van der Waals surface area contributed by atoms with E-state index in [0.717, 1.165) is 29.2 Å². The van der Waals surface area contributed by atoms with Crippen molar-refractivity contribution in [1.29, 1.82) is 0 Å². The molecule has 1 aromatic heterocycles. The Bertz CT molecular complexity index is 887. The van der Waals surface area contributed by atoms with E-state index in [1.165, 1.54) is 6.07 Å². The van der Waals surface area contributed by atoms with Gasteiger partial charge in [-0.15, -0.1) is 5.10 Å². The highest BCUT2D eigenvalue weighted by atomic mass is 19.1. The smallest absolute Gasteiger partial charge is 0.153 e. The first kappa shape index (κ1) is 16.7. The van der Waals surface area contributed by atoms with E-state index in [-0.39, 0.29) is 11.2 Å². The van der Waals surface area contributed by atoms with Crippen molar-refractivity contribution in [3.05, 3.63) is 65.7 Å². The highest BCUT2D eigenvalue weighted by molar-refractivity contribution is 5.49. The molecule has 1 saturated heterocycles. The fraction of sp³-hybridized carbons (Fsp3) is 0.316. The molecular weight excluding hydrogens is 333 g/mol. The zero-order chi connectivity index (χ0) is 18.0. The lowest BCUT2D eigenvalue weighted by atomic mass is 9.79. The number of halogens is 1. The van der Waals surface area contributed by atoms with Crippen LogP contribution in [0.25, 0.3) is 5.69 Å². The molecule has 4 rings (SSSR count). The third kappa shape index (κ3) is 3.17. The van der Waals surface area contributed by atoms with Crippen LogP contribution in [0.3, 0.4) is 0 Å². The van der Waals surface area contributed by atoms with Gasteiger partial charge in [0.25, 0.3) is 0 Å². The van der Waals surface area contributed by atoms with Crippen molar-refractivity contribution < 1.29 is 9.13 Å². The van der Waals surface area contributed by atoms with E-state index >= 15 is 0 Å². The Morgan fingerprint density at radius 2 is 2.08 bits per heavy atom. The Labute approximate surface area is 151 Å². The minimum Gasteiger partial charge on any atom is -0.384 e. The third-order valence-electron chi connectivity index (χ3n) is 4.91. The molecule has 0 radical (unpaired) electrons. The van der Waals surface area contributed by atoms with Gasteiger partial charge >= 0.3 is 0 Å². The number of nitrogens with zero attached hydrogens (tertiary/aromatic N) is 4. The van der Waals surface area contributed by atoms with Crippen molar-refractivity contribution in [3.63, 3.8) is 0 Å². The van der Waals surface area contributed by atoms with Crippen LogP contribution in [0.2, 0.25) is 0 Å². The van der Waals surface area contributed by atoms with E-state index in [4.69, 9.17) is 4.74 Å². The van der Waals surface area contributed by atoms with Crippen LogP contribution in [0.4, 0.5) is 10.1 Å². The molecule has 26 heavy (non-hydrogen) atoms. The maximum absolute atomic E-state index is 13.7. The number of aromatic nitrogens is 4. The lowest BCUT2D eigenvalue weighted by Gasteiger charge is -2.29. The van der Waals surface area contributed by atoms with E-state index in [1.54, 1.807) is 16.8 Å². The topological polar surface area (TPSA) is 64.9 Å². The van der Waals surface area contributed by atoms with Crippen LogP contribution < -0.4 is 5.32 Å². The van der Waals surface area contributed by atoms with Crippen molar-refractivity contribution in [2.45, 2.75) is 18.8 Å². The van der Waals surface area contributed by atoms with Crippen LogP contribution in [0.15, 0.2) is 48.5 Å². The molecule has 1 aliphatic heterocycles. The molecular formula is C19H20FN5O. The molecule has 2 heterocycles. The van der Waals surface area contributed by atoms with E-state index in [9.17, 15) is 4.39 Å². The summed E-state index contributed by atoms with van der Waals surface area (Å²) in [7, 11) is 0. The first-order chi connectivity index (χ1) is 12.7. The summed E-state index contributed by atoms with van der Waals surface area (Å²) in [5, 5.41) is 15.0. The van der Waals surface area contributed by atoms with Crippen LogP contribution in [0.5, 0.6) is 0 Å². The molecule has 0 bridgehead atoms. The third-order valence-corrected chi connectivity index (χ3v) is 4.91. The monoisotopic (exact) mass is 353 g/mol. The summed E-state index contributed by atoms with van der Waals surface area (Å²) in [4.78, 5) is 0. The number of rotatable bonds is 5. The quantitative estimate of drug-likeness (QED) is 0.764. The molecule has 0 spiro atoms. The largest absolute Gasteiger partial charge is 0.384 e. The van der Waals surface area contributed by atoms with Crippen LogP contribution in [0.1, 0.15) is 17.8 Å². The summed E-state index contributed by atoms with van der Waals surface area (Å²) in [6, 6.07) is 14.7. The molecule has 1 N–H and O–H groups in total. The number of nitrogens with one attached hydrogen (secondary N) is 1. The Morgan fingerprint density at radius 3 is 2.73 bits per heavy atom. The molecule has 0 aliphatic carbocycles. The number of anilines is 1. The summed E-state index contributed by atoms with van der Waals surface area (Å²) < 4.78 is 21.0. The van der Waals surface area contributed by atoms with Crippen molar-refractivity contribution in [2.24, 2.45) is 0 Å². The van der Waals surface area contributed by atoms with Crippen LogP contribution >= 0.6 is 0 Å². The highest BCUT2D eigenvalue weighted by Crippen LogP contribution is 2.34. The molecule has 0 saturated carbocycles. The summed E-state index contributed by atoms with van der Waals surface area (Å²) in [5.41, 5.74) is 2.65. The Kier molecular flexibility index (Phi) is 4.38. The Hall–Kier alpha value is -2.80. The first-order valence-electron chi connectivity index (χ1n) is 8.59. The molecule has 1 aliphatic rings. The lowest BCUT2D eigenvalue weighted by Crippen LogP contribution is -2.35. The SMILES string of the molecule is Cc1nnnn1-c1ccc(NCC2(c3cccc(F)c3)CCOC2)cc1. The van der Waals surface area contributed by atoms with Crippen molar-refractivity contribution >= 4 is 5.69 Å². The van der Waals surface area contributed by atoms with Gasteiger partial charge in [0.2, 0.25) is 0 Å². The van der Waals surface area contributed by atoms with Gasteiger partial charge in [-0.25, -0.2) is 4.39 Å². The molecule has 0 amide bonds. The van der Waals surface area contributed by atoms with Crippen molar-refractivity contribution in [2.75, 3.05) is 25.1 Å². The highest BCUT2D eigenvalue weighted by Gasteiger charge is 2.36. The van der Waals surface area contributed by atoms with Crippen LogP contribution in [0, 0.1) is 12.7 Å². The van der Waals surface area contributed by atoms with Crippen LogP contribution in [-0.2, 0) is 10.2 Å². The summed E-state index contributed by atoms with van der Waals surface area (Å²) in [6.07, 6.45) is 0.866. The summed E-state index contributed by atoms with van der Waals surface area (Å²) in [6.45, 7) is 3.82. The van der Waals surface area contributed by atoms with Crippen LogP contribution in [-0.4, -0.2) is 40.0 Å². The van der Waals surface area contributed by atoms with E-state index in [2.05, 4.69) is 20.8 Å². The predicted molar refractivity (Wildman–Crippen MR) is 95.9 cm³/mol. The second kappa shape index (κ2) is 6.84.